The van der Waals surface area contributed by atoms with Crippen LogP contribution in [-0.2, 0) is 36.8 Å². The van der Waals surface area contributed by atoms with E-state index in [1.807, 2.05) is 24.3 Å². The lowest BCUT2D eigenvalue weighted by molar-refractivity contribution is -0.125. The molecule has 0 heterocycles. The first-order valence-corrected chi connectivity index (χ1v) is 10.3. The van der Waals surface area contributed by atoms with E-state index in [4.69, 9.17) is 19.9 Å². The summed E-state index contributed by atoms with van der Waals surface area (Å²) in [4.78, 5) is 34.2. The molecule has 0 bridgehead atoms. The second kappa shape index (κ2) is 13.6. The predicted octanol–water partition coefficient (Wildman–Crippen LogP) is 1.67. The molecule has 4 N–H and O–H groups in total. The Bertz CT molecular complexity index is 700. The Morgan fingerprint density at radius 2 is 1.71 bits per heavy atom. The molecule has 0 aliphatic heterocycles. The molecule has 0 spiro atoms. The summed E-state index contributed by atoms with van der Waals surface area (Å²) in [5.41, 5.74) is 6.67. The highest BCUT2D eigenvalue weighted by molar-refractivity contribution is 5.76. The predicted molar refractivity (Wildman–Crippen MR) is 116 cm³/mol. The SMILES string of the molecule is CNC(=O)COCCc1ccc(COCC(CCC(N)=O)NC(=O)OC(C)(C)C)cc1. The fourth-order valence-electron chi connectivity index (χ4n) is 2.54. The average molecular weight is 438 g/mol. The third-order valence-corrected chi connectivity index (χ3v) is 4.12. The van der Waals surface area contributed by atoms with Crippen LogP contribution < -0.4 is 16.4 Å². The van der Waals surface area contributed by atoms with E-state index in [0.717, 1.165) is 11.1 Å². The molecule has 0 saturated heterocycles. The number of nitrogens with one attached hydrogen (secondary N) is 2. The Hall–Kier alpha value is -2.65. The number of benzene rings is 1. The van der Waals surface area contributed by atoms with Crippen molar-refractivity contribution in [1.82, 2.24) is 10.6 Å². The number of amides is 3. The molecule has 3 amide bonds. The minimum atomic E-state index is -0.617. The monoisotopic (exact) mass is 437 g/mol. The number of hydrogen-bond donors (Lipinski definition) is 3. The number of likely N-dealkylation sites (N-methyl/N-ethyl adjacent to an activating group) is 1. The summed E-state index contributed by atoms with van der Waals surface area (Å²) in [7, 11) is 1.57. The molecule has 31 heavy (non-hydrogen) atoms. The third kappa shape index (κ3) is 13.3. The van der Waals surface area contributed by atoms with Crippen molar-refractivity contribution in [2.45, 2.75) is 58.3 Å². The van der Waals surface area contributed by atoms with Crippen molar-refractivity contribution in [3.8, 4) is 0 Å². The van der Waals surface area contributed by atoms with Gasteiger partial charge in [-0.05, 0) is 44.7 Å². The quantitative estimate of drug-likeness (QED) is 0.403. The van der Waals surface area contributed by atoms with Gasteiger partial charge in [-0.15, -0.1) is 0 Å². The molecular weight excluding hydrogens is 402 g/mol. The Morgan fingerprint density at radius 3 is 2.29 bits per heavy atom. The molecular formula is C22H35N3O6. The second-order valence-electron chi connectivity index (χ2n) is 8.16. The van der Waals surface area contributed by atoms with Crippen LogP contribution >= 0.6 is 0 Å². The number of hydrogen-bond acceptors (Lipinski definition) is 6. The van der Waals surface area contributed by atoms with Gasteiger partial charge >= 0.3 is 6.09 Å². The molecule has 0 aromatic heterocycles. The third-order valence-electron chi connectivity index (χ3n) is 4.12. The van der Waals surface area contributed by atoms with E-state index in [9.17, 15) is 14.4 Å². The fraction of sp³-hybridized carbons (Fsp3) is 0.591. The summed E-state index contributed by atoms with van der Waals surface area (Å²) in [6.07, 6.45) is 0.644. The second-order valence-corrected chi connectivity index (χ2v) is 8.16. The average Bonchev–Trinajstić information content (AvgIpc) is 2.68. The minimum Gasteiger partial charge on any atom is -0.444 e. The Morgan fingerprint density at radius 1 is 1.06 bits per heavy atom. The molecule has 1 aromatic rings. The molecule has 1 atom stereocenters. The first kappa shape index (κ1) is 26.4. The molecule has 1 aromatic carbocycles. The smallest absolute Gasteiger partial charge is 0.407 e. The molecule has 0 aliphatic rings. The molecule has 174 valence electrons. The van der Waals surface area contributed by atoms with E-state index in [1.165, 1.54) is 0 Å². The van der Waals surface area contributed by atoms with Crippen molar-refractivity contribution in [2.75, 3.05) is 26.9 Å². The number of carbonyl (C=O) groups excluding carboxylic acids is 3. The van der Waals surface area contributed by atoms with Gasteiger partial charge in [-0.25, -0.2) is 4.79 Å². The normalized spacial score (nSPS) is 12.1. The lowest BCUT2D eigenvalue weighted by Gasteiger charge is -2.23. The molecule has 0 saturated carbocycles. The van der Waals surface area contributed by atoms with Gasteiger partial charge in [0.15, 0.2) is 0 Å². The van der Waals surface area contributed by atoms with Crippen molar-refractivity contribution in [3.05, 3.63) is 35.4 Å². The zero-order chi connectivity index (χ0) is 23.3. The summed E-state index contributed by atoms with van der Waals surface area (Å²) >= 11 is 0. The van der Waals surface area contributed by atoms with Crippen LogP contribution in [0, 0.1) is 0 Å². The van der Waals surface area contributed by atoms with Crippen molar-refractivity contribution in [1.29, 1.82) is 0 Å². The van der Waals surface area contributed by atoms with Crippen LogP contribution in [0.2, 0.25) is 0 Å². The van der Waals surface area contributed by atoms with Crippen molar-refractivity contribution in [3.63, 3.8) is 0 Å². The maximum atomic E-state index is 12.0. The molecule has 0 aliphatic carbocycles. The van der Waals surface area contributed by atoms with Gasteiger partial charge in [-0.1, -0.05) is 24.3 Å². The van der Waals surface area contributed by atoms with Crippen LogP contribution in [0.4, 0.5) is 4.79 Å². The van der Waals surface area contributed by atoms with Gasteiger partial charge < -0.3 is 30.6 Å². The molecule has 1 rings (SSSR count). The summed E-state index contributed by atoms with van der Waals surface area (Å²) < 4.78 is 16.3. The van der Waals surface area contributed by atoms with Crippen molar-refractivity contribution in [2.24, 2.45) is 5.73 Å². The molecule has 9 nitrogen and oxygen atoms in total. The highest BCUT2D eigenvalue weighted by Gasteiger charge is 2.20. The summed E-state index contributed by atoms with van der Waals surface area (Å²) in [6.45, 7) is 6.42. The summed E-state index contributed by atoms with van der Waals surface area (Å²) in [5, 5.41) is 5.23. The molecule has 9 heteroatoms. The lowest BCUT2D eigenvalue weighted by atomic mass is 10.1. The Kier molecular flexibility index (Phi) is 11.6. The number of rotatable bonds is 13. The number of alkyl carbamates (subject to hydrolysis) is 1. The zero-order valence-corrected chi connectivity index (χ0v) is 18.9. The number of primary amides is 1. The van der Waals surface area contributed by atoms with Gasteiger partial charge in [0.2, 0.25) is 11.8 Å². The standard InChI is InChI=1S/C22H35N3O6/c1-22(2,3)31-21(28)25-18(9-10-19(23)26)14-30-13-17-7-5-16(6-8-17)11-12-29-15-20(27)24-4/h5-8,18H,9-15H2,1-4H3,(H2,23,26)(H,24,27)(H,25,28). The van der Waals surface area contributed by atoms with Gasteiger partial charge in [0.25, 0.3) is 0 Å². The number of ether oxygens (including phenoxy) is 3. The topological polar surface area (TPSA) is 129 Å². The maximum absolute atomic E-state index is 12.0. The Balaban J connectivity index is 2.44. The van der Waals surface area contributed by atoms with Gasteiger partial charge in [-0.3, -0.25) is 9.59 Å². The van der Waals surface area contributed by atoms with Crippen LogP contribution in [0.5, 0.6) is 0 Å². The van der Waals surface area contributed by atoms with Gasteiger partial charge in [-0.2, -0.15) is 0 Å². The van der Waals surface area contributed by atoms with Crippen LogP contribution in [-0.4, -0.2) is 56.4 Å². The van der Waals surface area contributed by atoms with E-state index >= 15 is 0 Å². The molecule has 1 unspecified atom stereocenters. The lowest BCUT2D eigenvalue weighted by Crippen LogP contribution is -2.42. The number of nitrogens with two attached hydrogens (primary N) is 1. The van der Waals surface area contributed by atoms with E-state index in [1.54, 1.807) is 27.8 Å². The van der Waals surface area contributed by atoms with Gasteiger partial charge in [0, 0.05) is 13.5 Å². The summed E-state index contributed by atoms with van der Waals surface area (Å²) in [5.74, 6) is -0.589. The van der Waals surface area contributed by atoms with Crippen molar-refractivity contribution >= 4 is 17.9 Å². The largest absolute Gasteiger partial charge is 0.444 e. The van der Waals surface area contributed by atoms with Gasteiger partial charge in [0.05, 0.1) is 25.9 Å². The van der Waals surface area contributed by atoms with Crippen molar-refractivity contribution < 1.29 is 28.6 Å². The first-order chi connectivity index (χ1) is 14.6. The van der Waals surface area contributed by atoms with Crippen LogP contribution in [0.25, 0.3) is 0 Å². The number of carbonyl (C=O) groups is 3. The summed E-state index contributed by atoms with van der Waals surface area (Å²) in [6, 6.07) is 7.47. The van der Waals surface area contributed by atoms with E-state index in [0.29, 0.717) is 26.1 Å². The van der Waals surface area contributed by atoms with Crippen LogP contribution in [0.1, 0.15) is 44.7 Å². The van der Waals surface area contributed by atoms with E-state index in [-0.39, 0.29) is 31.6 Å². The maximum Gasteiger partial charge on any atom is 0.407 e. The first-order valence-electron chi connectivity index (χ1n) is 10.3. The minimum absolute atomic E-state index is 0.0523. The van der Waals surface area contributed by atoms with E-state index < -0.39 is 17.6 Å². The zero-order valence-electron chi connectivity index (χ0n) is 18.9. The Labute approximate surface area is 184 Å². The highest BCUT2D eigenvalue weighted by Crippen LogP contribution is 2.10. The van der Waals surface area contributed by atoms with Crippen LogP contribution in [0.3, 0.4) is 0 Å². The van der Waals surface area contributed by atoms with Crippen LogP contribution in [0.15, 0.2) is 24.3 Å². The molecule has 0 fully saturated rings. The van der Waals surface area contributed by atoms with Gasteiger partial charge in [0.1, 0.15) is 12.2 Å². The molecule has 0 radical (unpaired) electrons. The van der Waals surface area contributed by atoms with E-state index in [2.05, 4.69) is 10.6 Å². The highest BCUT2D eigenvalue weighted by atomic mass is 16.6. The fourth-order valence-corrected chi connectivity index (χ4v) is 2.54.